The average molecular weight is 237 g/mol. The predicted molar refractivity (Wildman–Crippen MR) is 66.8 cm³/mol. The Hall–Kier alpha value is -0.930. The predicted octanol–water partition coefficient (Wildman–Crippen LogP) is 2.47. The summed E-state index contributed by atoms with van der Waals surface area (Å²) in [6.07, 6.45) is 1.54. The zero-order valence-electron chi connectivity index (χ0n) is 10.3. The van der Waals surface area contributed by atoms with E-state index in [1.807, 2.05) is 25.2 Å². The molecule has 1 aliphatic heterocycles. The number of rotatable bonds is 4. The molecule has 94 valence electrons. The zero-order chi connectivity index (χ0) is 12.1. The second kappa shape index (κ2) is 5.61. The molecule has 2 nitrogen and oxygen atoms in total. The molecule has 1 aliphatic rings. The van der Waals surface area contributed by atoms with Crippen molar-refractivity contribution in [3.8, 4) is 0 Å². The SMILES string of the molecule is CNCc1ccccc1CC1(F)CCOCC1. The maximum absolute atomic E-state index is 14.6. The lowest BCUT2D eigenvalue weighted by molar-refractivity contribution is -0.00826. The Morgan fingerprint density at radius 2 is 1.88 bits per heavy atom. The van der Waals surface area contributed by atoms with Crippen molar-refractivity contribution in [2.75, 3.05) is 20.3 Å². The van der Waals surface area contributed by atoms with Crippen LogP contribution in [0.1, 0.15) is 24.0 Å². The van der Waals surface area contributed by atoms with Gasteiger partial charge in [0.2, 0.25) is 0 Å². The van der Waals surface area contributed by atoms with Crippen molar-refractivity contribution in [1.29, 1.82) is 0 Å². The Morgan fingerprint density at radius 3 is 2.53 bits per heavy atom. The summed E-state index contributed by atoms with van der Waals surface area (Å²) in [6.45, 7) is 1.89. The molecule has 1 aromatic rings. The van der Waals surface area contributed by atoms with Crippen LogP contribution in [0.25, 0.3) is 0 Å². The maximum atomic E-state index is 14.6. The van der Waals surface area contributed by atoms with Gasteiger partial charge in [-0.25, -0.2) is 4.39 Å². The lowest BCUT2D eigenvalue weighted by Gasteiger charge is -2.30. The van der Waals surface area contributed by atoms with Crippen molar-refractivity contribution in [2.24, 2.45) is 0 Å². The summed E-state index contributed by atoms with van der Waals surface area (Å²) in [5.74, 6) is 0. The lowest BCUT2D eigenvalue weighted by atomic mass is 9.87. The summed E-state index contributed by atoms with van der Waals surface area (Å²) in [6, 6.07) is 8.08. The molecule has 0 aromatic heterocycles. The first-order valence-corrected chi connectivity index (χ1v) is 6.22. The first-order chi connectivity index (χ1) is 8.23. The van der Waals surface area contributed by atoms with Crippen LogP contribution in [0.15, 0.2) is 24.3 Å². The normalized spacial score (nSPS) is 19.2. The van der Waals surface area contributed by atoms with Crippen LogP contribution in [-0.4, -0.2) is 25.9 Å². The Labute approximate surface area is 102 Å². The summed E-state index contributed by atoms with van der Waals surface area (Å²) in [5, 5.41) is 3.13. The fraction of sp³-hybridized carbons (Fsp3) is 0.571. The molecule has 1 fully saturated rings. The van der Waals surface area contributed by atoms with Crippen LogP contribution in [0, 0.1) is 0 Å². The zero-order valence-corrected chi connectivity index (χ0v) is 10.3. The molecule has 0 amide bonds. The summed E-state index contributed by atoms with van der Waals surface area (Å²) in [5.41, 5.74) is 1.23. The van der Waals surface area contributed by atoms with E-state index in [0.717, 1.165) is 12.1 Å². The van der Waals surface area contributed by atoms with Crippen LogP contribution in [0.4, 0.5) is 4.39 Å². The monoisotopic (exact) mass is 237 g/mol. The van der Waals surface area contributed by atoms with E-state index in [1.54, 1.807) is 0 Å². The minimum Gasteiger partial charge on any atom is -0.381 e. The topological polar surface area (TPSA) is 21.3 Å². The smallest absolute Gasteiger partial charge is 0.119 e. The van der Waals surface area contributed by atoms with Crippen molar-refractivity contribution in [3.63, 3.8) is 0 Å². The minimum absolute atomic E-state index is 0.508. The second-order valence-electron chi connectivity index (χ2n) is 4.74. The van der Waals surface area contributed by atoms with Gasteiger partial charge in [0.25, 0.3) is 0 Å². The number of nitrogens with one attached hydrogen (secondary N) is 1. The van der Waals surface area contributed by atoms with E-state index in [0.29, 0.717) is 32.5 Å². The van der Waals surface area contributed by atoms with E-state index in [4.69, 9.17) is 4.74 Å². The molecule has 1 saturated heterocycles. The standard InChI is InChI=1S/C14H20FNO/c1-16-11-13-5-3-2-4-12(13)10-14(15)6-8-17-9-7-14/h2-5,16H,6-11H2,1H3. The van der Waals surface area contributed by atoms with Gasteiger partial charge in [0.15, 0.2) is 0 Å². The second-order valence-corrected chi connectivity index (χ2v) is 4.74. The van der Waals surface area contributed by atoms with E-state index in [9.17, 15) is 4.39 Å². The Bertz CT molecular complexity index is 361. The van der Waals surface area contributed by atoms with Crippen molar-refractivity contribution in [2.45, 2.75) is 31.5 Å². The van der Waals surface area contributed by atoms with Gasteiger partial charge in [-0.2, -0.15) is 0 Å². The maximum Gasteiger partial charge on any atom is 0.119 e. The van der Waals surface area contributed by atoms with E-state index >= 15 is 0 Å². The highest BCUT2D eigenvalue weighted by molar-refractivity contribution is 5.28. The molecular formula is C14H20FNO. The van der Waals surface area contributed by atoms with Gasteiger partial charge in [-0.15, -0.1) is 0 Å². The number of hydrogen-bond donors (Lipinski definition) is 1. The first kappa shape index (κ1) is 12.5. The average Bonchev–Trinajstić information content (AvgIpc) is 2.32. The van der Waals surface area contributed by atoms with Gasteiger partial charge in [0.05, 0.1) is 0 Å². The minimum atomic E-state index is -1.08. The molecule has 17 heavy (non-hydrogen) atoms. The van der Waals surface area contributed by atoms with E-state index < -0.39 is 5.67 Å². The number of halogens is 1. The molecule has 0 saturated carbocycles. The highest BCUT2D eigenvalue weighted by Gasteiger charge is 2.32. The van der Waals surface area contributed by atoms with Crippen LogP contribution in [0.5, 0.6) is 0 Å². The van der Waals surface area contributed by atoms with E-state index in [2.05, 4.69) is 11.4 Å². The molecule has 0 bridgehead atoms. The van der Waals surface area contributed by atoms with Crippen LogP contribution in [0.3, 0.4) is 0 Å². The third-order valence-corrected chi connectivity index (χ3v) is 3.38. The molecule has 0 unspecified atom stereocenters. The summed E-state index contributed by atoms with van der Waals surface area (Å²) < 4.78 is 19.8. The Morgan fingerprint density at radius 1 is 1.24 bits per heavy atom. The fourth-order valence-electron chi connectivity index (χ4n) is 2.35. The highest BCUT2D eigenvalue weighted by Crippen LogP contribution is 2.30. The molecular weight excluding hydrogens is 217 g/mol. The number of ether oxygens (including phenoxy) is 1. The molecule has 2 rings (SSSR count). The van der Waals surface area contributed by atoms with Gasteiger partial charge in [-0.1, -0.05) is 24.3 Å². The Balaban J connectivity index is 2.11. The summed E-state index contributed by atoms with van der Waals surface area (Å²) >= 11 is 0. The first-order valence-electron chi connectivity index (χ1n) is 6.22. The van der Waals surface area contributed by atoms with E-state index in [1.165, 1.54) is 5.56 Å². The van der Waals surface area contributed by atoms with Crippen molar-refractivity contribution >= 4 is 0 Å². The van der Waals surface area contributed by atoms with E-state index in [-0.39, 0.29) is 0 Å². The van der Waals surface area contributed by atoms with Crippen molar-refractivity contribution in [1.82, 2.24) is 5.32 Å². The van der Waals surface area contributed by atoms with Gasteiger partial charge < -0.3 is 10.1 Å². The largest absolute Gasteiger partial charge is 0.381 e. The molecule has 1 heterocycles. The molecule has 0 aliphatic carbocycles. The van der Waals surface area contributed by atoms with Crippen molar-refractivity contribution < 1.29 is 9.13 Å². The quantitative estimate of drug-likeness (QED) is 0.868. The van der Waals surface area contributed by atoms with Gasteiger partial charge in [0.1, 0.15) is 5.67 Å². The highest BCUT2D eigenvalue weighted by atomic mass is 19.1. The van der Waals surface area contributed by atoms with Gasteiger partial charge in [0, 0.05) is 39.0 Å². The third-order valence-electron chi connectivity index (χ3n) is 3.38. The molecule has 0 spiro atoms. The van der Waals surface area contributed by atoms with Crippen LogP contribution >= 0.6 is 0 Å². The van der Waals surface area contributed by atoms with Crippen molar-refractivity contribution in [3.05, 3.63) is 35.4 Å². The Kier molecular flexibility index (Phi) is 4.13. The number of benzene rings is 1. The molecule has 0 atom stereocenters. The summed E-state index contributed by atoms with van der Waals surface area (Å²) in [7, 11) is 1.91. The number of hydrogen-bond acceptors (Lipinski definition) is 2. The van der Waals surface area contributed by atoms with Gasteiger partial charge >= 0.3 is 0 Å². The van der Waals surface area contributed by atoms with Crippen LogP contribution in [0.2, 0.25) is 0 Å². The lowest BCUT2D eigenvalue weighted by Crippen LogP contribution is -2.34. The van der Waals surface area contributed by atoms with Gasteiger partial charge in [-0.3, -0.25) is 0 Å². The molecule has 3 heteroatoms. The molecule has 1 aromatic carbocycles. The summed E-state index contributed by atoms with van der Waals surface area (Å²) in [4.78, 5) is 0. The van der Waals surface area contributed by atoms with Gasteiger partial charge in [-0.05, 0) is 18.2 Å². The number of alkyl halides is 1. The van der Waals surface area contributed by atoms with Crippen LogP contribution < -0.4 is 5.32 Å². The van der Waals surface area contributed by atoms with Crippen LogP contribution in [-0.2, 0) is 17.7 Å². The third kappa shape index (κ3) is 3.27. The molecule has 0 radical (unpaired) electrons. The fourth-order valence-corrected chi connectivity index (χ4v) is 2.35. The molecule has 1 N–H and O–H groups in total.